The summed E-state index contributed by atoms with van der Waals surface area (Å²) in [5.74, 6) is -2.38. The third kappa shape index (κ3) is 2.38. The summed E-state index contributed by atoms with van der Waals surface area (Å²) >= 11 is 1.29. The van der Waals surface area contributed by atoms with E-state index in [-0.39, 0.29) is 18.7 Å². The summed E-state index contributed by atoms with van der Waals surface area (Å²) in [6, 6.07) is 7.81. The van der Waals surface area contributed by atoms with Crippen LogP contribution in [-0.2, 0) is 30.3 Å². The first-order chi connectivity index (χ1) is 12.4. The van der Waals surface area contributed by atoms with E-state index in [1.807, 2.05) is 30.3 Å². The lowest BCUT2D eigenvalue weighted by molar-refractivity contribution is -0.213. The van der Waals surface area contributed by atoms with Crippen molar-refractivity contribution < 1.29 is 29.0 Å². The van der Waals surface area contributed by atoms with Crippen molar-refractivity contribution in [3.8, 4) is 0 Å². The summed E-state index contributed by atoms with van der Waals surface area (Å²) in [5.41, 5.74) is -1.14. The first kappa shape index (κ1) is 16.9. The summed E-state index contributed by atoms with van der Waals surface area (Å²) < 4.78 is 5.10. The molecule has 3 aliphatic heterocycles. The van der Waals surface area contributed by atoms with Crippen LogP contribution in [0.1, 0.15) is 12.0 Å². The molecule has 8 nitrogen and oxygen atoms in total. The van der Waals surface area contributed by atoms with Crippen LogP contribution in [-0.4, -0.2) is 62.6 Å². The fourth-order valence-corrected chi connectivity index (χ4v) is 5.25. The van der Waals surface area contributed by atoms with E-state index in [1.54, 1.807) is 0 Å². The van der Waals surface area contributed by atoms with Gasteiger partial charge < -0.3 is 15.2 Å². The number of amides is 2. The normalized spacial score (nSPS) is 32.2. The van der Waals surface area contributed by atoms with Crippen molar-refractivity contribution in [2.75, 3.05) is 5.75 Å². The van der Waals surface area contributed by atoms with E-state index in [1.165, 1.54) is 11.8 Å². The number of carboxylic acid groups (broad SMARTS) is 1. The van der Waals surface area contributed by atoms with Crippen molar-refractivity contribution in [1.82, 2.24) is 10.2 Å². The van der Waals surface area contributed by atoms with E-state index in [4.69, 9.17) is 4.74 Å². The van der Waals surface area contributed by atoms with Crippen LogP contribution >= 0.6 is 11.8 Å². The van der Waals surface area contributed by atoms with Gasteiger partial charge in [0.05, 0.1) is 24.1 Å². The Bertz CT molecular complexity index is 800. The number of hydrogen-bond acceptors (Lipinski definition) is 6. The van der Waals surface area contributed by atoms with Crippen molar-refractivity contribution >= 4 is 35.5 Å². The van der Waals surface area contributed by atoms with E-state index in [2.05, 4.69) is 5.32 Å². The van der Waals surface area contributed by atoms with Crippen LogP contribution in [0.2, 0.25) is 0 Å². The number of ether oxygens (including phenoxy) is 1. The smallest absolute Gasteiger partial charge is 0.371 e. The van der Waals surface area contributed by atoms with Crippen LogP contribution in [0.5, 0.6) is 0 Å². The predicted molar refractivity (Wildman–Crippen MR) is 90.0 cm³/mol. The van der Waals surface area contributed by atoms with Gasteiger partial charge in [0.15, 0.2) is 0 Å². The number of β-lactam (4-membered cyclic amide) rings is 1. The lowest BCUT2D eigenvalue weighted by Gasteiger charge is -2.56. The molecule has 0 bridgehead atoms. The minimum Gasteiger partial charge on any atom is -0.477 e. The molecule has 0 aliphatic carbocycles. The third-order valence-electron chi connectivity index (χ3n) is 4.93. The molecule has 1 aromatic carbocycles. The molecule has 0 saturated carbocycles. The molecule has 3 saturated heterocycles. The zero-order valence-electron chi connectivity index (χ0n) is 13.6. The van der Waals surface area contributed by atoms with E-state index in [9.17, 15) is 24.3 Å². The van der Waals surface area contributed by atoms with Crippen LogP contribution in [0, 0.1) is 0 Å². The minimum atomic E-state index is -1.96. The van der Waals surface area contributed by atoms with Gasteiger partial charge in [-0.25, -0.2) is 4.79 Å². The fourth-order valence-electron chi connectivity index (χ4n) is 3.74. The van der Waals surface area contributed by atoms with Crippen molar-refractivity contribution in [3.05, 3.63) is 35.9 Å². The Kier molecular flexibility index (Phi) is 3.91. The van der Waals surface area contributed by atoms with E-state index in [0.29, 0.717) is 5.75 Å². The molecule has 3 aliphatic rings. The topological polar surface area (TPSA) is 113 Å². The monoisotopic (exact) mass is 376 g/mol. The predicted octanol–water partition coefficient (Wildman–Crippen LogP) is -0.232. The number of rotatable bonds is 4. The van der Waals surface area contributed by atoms with Crippen molar-refractivity contribution in [2.24, 2.45) is 0 Å². The summed E-state index contributed by atoms with van der Waals surface area (Å²) in [5, 5.41) is 11.7. The fraction of sp³-hybridized carbons (Fsp3) is 0.412. The molecule has 2 amide bonds. The van der Waals surface area contributed by atoms with Crippen LogP contribution in [0.3, 0.4) is 0 Å². The number of carbonyl (C=O) groups excluding carboxylic acids is 3. The molecule has 1 aromatic rings. The molecule has 3 heterocycles. The summed E-state index contributed by atoms with van der Waals surface area (Å²) in [4.78, 5) is 49.4. The number of aliphatic carboxylic acids is 1. The quantitative estimate of drug-likeness (QED) is 0.551. The second-order valence-corrected chi connectivity index (χ2v) is 7.72. The second-order valence-electron chi connectivity index (χ2n) is 6.48. The van der Waals surface area contributed by atoms with Gasteiger partial charge in [-0.1, -0.05) is 30.3 Å². The average molecular weight is 376 g/mol. The Labute approximate surface area is 152 Å². The Morgan fingerprint density at radius 3 is 2.73 bits per heavy atom. The largest absolute Gasteiger partial charge is 0.477 e. The summed E-state index contributed by atoms with van der Waals surface area (Å²) in [7, 11) is 0. The number of carbonyl (C=O) groups is 4. The molecule has 136 valence electrons. The highest BCUT2D eigenvalue weighted by atomic mass is 32.2. The van der Waals surface area contributed by atoms with Gasteiger partial charge in [-0.2, -0.15) is 0 Å². The van der Waals surface area contributed by atoms with E-state index in [0.717, 1.165) is 10.5 Å². The SMILES string of the molecule is O=C(Cc1ccccc1)N[C@@H]1C(=O)N2[C@@H]1CS[C@H]1CC(=O)O[C@]12C(=O)O. The van der Waals surface area contributed by atoms with Gasteiger partial charge in [0.1, 0.15) is 6.04 Å². The second kappa shape index (κ2) is 6.01. The maximum Gasteiger partial charge on any atom is 0.371 e. The Hall–Kier alpha value is -2.55. The van der Waals surface area contributed by atoms with Crippen molar-refractivity contribution in [1.29, 1.82) is 0 Å². The number of hydrogen-bond donors (Lipinski definition) is 2. The molecule has 0 unspecified atom stereocenters. The standard InChI is InChI=1S/C17H16N2O6S/c20-12(6-9-4-2-1-3-5-9)18-14-10-8-26-11-7-13(21)25-17(11,16(23)24)19(10)15(14)22/h1-5,10-11,14H,6-8H2,(H,18,20)(H,23,24)/t10-,11+,14+,17+/m1/s1. The maximum atomic E-state index is 12.6. The first-order valence-corrected chi connectivity index (χ1v) is 9.21. The van der Waals surface area contributed by atoms with Crippen LogP contribution in [0.4, 0.5) is 0 Å². The summed E-state index contributed by atoms with van der Waals surface area (Å²) in [6.07, 6.45) is 0.0880. The minimum absolute atomic E-state index is 0.0432. The highest BCUT2D eigenvalue weighted by molar-refractivity contribution is 8.00. The number of carboxylic acids is 1. The highest BCUT2D eigenvalue weighted by Crippen LogP contribution is 2.49. The van der Waals surface area contributed by atoms with Gasteiger partial charge in [0.2, 0.25) is 5.91 Å². The number of benzene rings is 1. The van der Waals surface area contributed by atoms with Gasteiger partial charge in [-0.3, -0.25) is 19.3 Å². The molecule has 2 N–H and O–H groups in total. The Morgan fingerprint density at radius 2 is 2.04 bits per heavy atom. The highest BCUT2D eigenvalue weighted by Gasteiger charge is 2.71. The molecule has 0 aromatic heterocycles. The molecular formula is C17H16N2O6S. The molecule has 4 rings (SSSR count). The Morgan fingerprint density at radius 1 is 1.31 bits per heavy atom. The van der Waals surface area contributed by atoms with Gasteiger partial charge in [0.25, 0.3) is 11.6 Å². The number of thioether (sulfide) groups is 1. The van der Waals surface area contributed by atoms with Gasteiger partial charge >= 0.3 is 11.9 Å². The molecule has 3 fully saturated rings. The molecular weight excluding hydrogens is 360 g/mol. The van der Waals surface area contributed by atoms with Crippen molar-refractivity contribution in [3.63, 3.8) is 0 Å². The van der Waals surface area contributed by atoms with Crippen molar-refractivity contribution in [2.45, 2.75) is 35.9 Å². The third-order valence-corrected chi connectivity index (χ3v) is 6.36. The molecule has 9 heteroatoms. The average Bonchev–Trinajstić information content (AvgIpc) is 2.96. The maximum absolute atomic E-state index is 12.6. The number of nitrogens with zero attached hydrogens (tertiary/aromatic N) is 1. The molecule has 0 radical (unpaired) electrons. The lowest BCUT2D eigenvalue weighted by atomic mass is 9.89. The Balaban J connectivity index is 1.49. The zero-order valence-corrected chi connectivity index (χ0v) is 14.4. The summed E-state index contributed by atoms with van der Waals surface area (Å²) in [6.45, 7) is 0. The lowest BCUT2D eigenvalue weighted by Crippen LogP contribution is -2.82. The number of nitrogens with one attached hydrogen (secondary N) is 1. The number of fused-ring (bicyclic) bond motifs is 3. The van der Waals surface area contributed by atoms with Gasteiger partial charge in [-0.15, -0.1) is 11.8 Å². The van der Waals surface area contributed by atoms with E-state index >= 15 is 0 Å². The first-order valence-electron chi connectivity index (χ1n) is 8.17. The van der Waals surface area contributed by atoms with Crippen LogP contribution in [0.15, 0.2) is 30.3 Å². The van der Waals surface area contributed by atoms with Crippen LogP contribution in [0.25, 0.3) is 0 Å². The van der Waals surface area contributed by atoms with Crippen LogP contribution < -0.4 is 5.32 Å². The molecule has 4 atom stereocenters. The van der Waals surface area contributed by atoms with E-state index < -0.39 is 40.9 Å². The number of esters is 1. The molecule has 0 spiro atoms. The van der Waals surface area contributed by atoms with Gasteiger partial charge in [-0.05, 0) is 5.56 Å². The zero-order chi connectivity index (χ0) is 18.5. The molecule has 26 heavy (non-hydrogen) atoms. The van der Waals surface area contributed by atoms with Gasteiger partial charge in [0, 0.05) is 5.75 Å².